The standard InChI is InChI=1S/C30H32N2O5/c1-3-36-29(33)27(21-31)19-25-13-9-23(10-14-25)7-5-17-35-18-6-8-24-11-15-26(16-12-24)20-28(22-32)30(34)37-4-2/h9-16,19-20H,3-8,17-18H2,1-2H3/b27-19+,28-20+. The van der Waals surface area contributed by atoms with E-state index < -0.39 is 11.9 Å². The van der Waals surface area contributed by atoms with Crippen LogP contribution in [0.15, 0.2) is 59.7 Å². The zero-order chi connectivity index (χ0) is 26.9. The van der Waals surface area contributed by atoms with Gasteiger partial charge in [0.15, 0.2) is 0 Å². The van der Waals surface area contributed by atoms with Crippen molar-refractivity contribution in [1.29, 1.82) is 10.5 Å². The second-order valence-electron chi connectivity index (χ2n) is 8.08. The second kappa shape index (κ2) is 16.5. The molecular weight excluding hydrogens is 468 g/mol. The van der Waals surface area contributed by atoms with Crippen molar-refractivity contribution >= 4 is 24.1 Å². The number of esters is 2. The fraction of sp³-hybridized carbons (Fsp3) is 0.333. The molecule has 2 aromatic carbocycles. The summed E-state index contributed by atoms with van der Waals surface area (Å²) < 4.78 is 15.5. The molecule has 0 spiro atoms. The topological polar surface area (TPSA) is 109 Å². The summed E-state index contributed by atoms with van der Waals surface area (Å²) in [5.41, 5.74) is 3.84. The van der Waals surface area contributed by atoms with Gasteiger partial charge in [-0.05, 0) is 73.9 Å². The first kappa shape index (κ1) is 29.0. The van der Waals surface area contributed by atoms with Gasteiger partial charge in [-0.15, -0.1) is 0 Å². The number of hydrogen-bond donors (Lipinski definition) is 0. The zero-order valence-electron chi connectivity index (χ0n) is 21.4. The fourth-order valence-corrected chi connectivity index (χ4v) is 3.44. The van der Waals surface area contributed by atoms with E-state index in [1.54, 1.807) is 13.8 Å². The summed E-state index contributed by atoms with van der Waals surface area (Å²) in [6, 6.07) is 19.2. The summed E-state index contributed by atoms with van der Waals surface area (Å²) in [4.78, 5) is 23.4. The molecule has 2 rings (SSSR count). The van der Waals surface area contributed by atoms with Crippen molar-refractivity contribution in [3.63, 3.8) is 0 Å². The number of carbonyl (C=O) groups is 2. The molecule has 0 amide bonds. The Morgan fingerprint density at radius 1 is 0.703 bits per heavy atom. The average Bonchev–Trinajstić information content (AvgIpc) is 2.91. The van der Waals surface area contributed by atoms with Crippen LogP contribution >= 0.6 is 0 Å². The molecule has 0 aromatic heterocycles. The Labute approximate surface area is 218 Å². The number of nitrogens with zero attached hydrogens (tertiary/aromatic N) is 2. The Balaban J connectivity index is 1.68. The molecule has 0 heterocycles. The number of hydrogen-bond acceptors (Lipinski definition) is 7. The predicted octanol–water partition coefficient (Wildman–Crippen LogP) is 5.21. The molecule has 0 unspecified atom stereocenters. The summed E-state index contributed by atoms with van der Waals surface area (Å²) in [5.74, 6) is -1.22. The largest absolute Gasteiger partial charge is 0.462 e. The highest BCUT2D eigenvalue weighted by molar-refractivity contribution is 5.98. The van der Waals surface area contributed by atoms with E-state index in [-0.39, 0.29) is 24.4 Å². The maximum atomic E-state index is 11.7. The average molecular weight is 501 g/mol. The third-order valence-corrected chi connectivity index (χ3v) is 5.32. The Bertz CT molecular complexity index is 1070. The van der Waals surface area contributed by atoms with Crippen LogP contribution in [-0.4, -0.2) is 38.4 Å². The lowest BCUT2D eigenvalue weighted by molar-refractivity contribution is -0.138. The zero-order valence-corrected chi connectivity index (χ0v) is 21.4. The van der Waals surface area contributed by atoms with Gasteiger partial charge in [-0.25, -0.2) is 9.59 Å². The van der Waals surface area contributed by atoms with Crippen LogP contribution in [0, 0.1) is 22.7 Å². The first-order valence-electron chi connectivity index (χ1n) is 12.3. The van der Waals surface area contributed by atoms with Crippen LogP contribution in [0.25, 0.3) is 12.2 Å². The van der Waals surface area contributed by atoms with Crippen LogP contribution in [0.2, 0.25) is 0 Å². The van der Waals surface area contributed by atoms with Crippen molar-refractivity contribution in [2.45, 2.75) is 39.5 Å². The summed E-state index contributed by atoms with van der Waals surface area (Å²) in [7, 11) is 0. The number of nitriles is 2. The van der Waals surface area contributed by atoms with Crippen LogP contribution < -0.4 is 0 Å². The first-order valence-corrected chi connectivity index (χ1v) is 12.3. The van der Waals surface area contributed by atoms with Gasteiger partial charge in [-0.1, -0.05) is 48.5 Å². The van der Waals surface area contributed by atoms with E-state index in [4.69, 9.17) is 24.7 Å². The maximum absolute atomic E-state index is 11.7. The van der Waals surface area contributed by atoms with Gasteiger partial charge >= 0.3 is 11.9 Å². The third-order valence-electron chi connectivity index (χ3n) is 5.32. The van der Waals surface area contributed by atoms with E-state index in [2.05, 4.69) is 0 Å². The summed E-state index contributed by atoms with van der Waals surface area (Å²) in [5, 5.41) is 18.3. The van der Waals surface area contributed by atoms with Gasteiger partial charge in [0.2, 0.25) is 0 Å². The summed E-state index contributed by atoms with van der Waals surface area (Å²) in [6.07, 6.45) is 6.59. The molecule has 0 aliphatic carbocycles. The van der Waals surface area contributed by atoms with Crippen molar-refractivity contribution in [2.24, 2.45) is 0 Å². The van der Waals surface area contributed by atoms with Crippen LogP contribution in [0.5, 0.6) is 0 Å². The number of ether oxygens (including phenoxy) is 3. The highest BCUT2D eigenvalue weighted by atomic mass is 16.5. The number of rotatable bonds is 14. The maximum Gasteiger partial charge on any atom is 0.348 e. The lowest BCUT2D eigenvalue weighted by Crippen LogP contribution is -2.06. The molecule has 0 bridgehead atoms. The van der Waals surface area contributed by atoms with Crippen molar-refractivity contribution in [3.8, 4) is 12.1 Å². The molecule has 0 aliphatic rings. The van der Waals surface area contributed by atoms with Gasteiger partial charge < -0.3 is 14.2 Å². The van der Waals surface area contributed by atoms with E-state index in [0.29, 0.717) is 13.2 Å². The molecule has 0 radical (unpaired) electrons. The molecule has 0 N–H and O–H groups in total. The van der Waals surface area contributed by atoms with Gasteiger partial charge in [0.1, 0.15) is 23.3 Å². The van der Waals surface area contributed by atoms with Crippen molar-refractivity contribution in [3.05, 3.63) is 81.9 Å². The monoisotopic (exact) mass is 500 g/mol. The third kappa shape index (κ3) is 10.5. The lowest BCUT2D eigenvalue weighted by Gasteiger charge is -2.06. The van der Waals surface area contributed by atoms with E-state index in [0.717, 1.165) is 47.9 Å². The highest BCUT2D eigenvalue weighted by Crippen LogP contribution is 2.13. The Kier molecular flexibility index (Phi) is 12.9. The molecule has 37 heavy (non-hydrogen) atoms. The summed E-state index contributed by atoms with van der Waals surface area (Å²) in [6.45, 7) is 5.19. The molecule has 0 atom stereocenters. The van der Waals surface area contributed by atoms with Crippen molar-refractivity contribution < 1.29 is 23.8 Å². The Hall–Kier alpha value is -4.20. The number of benzene rings is 2. The van der Waals surface area contributed by atoms with Crippen LogP contribution in [0.4, 0.5) is 0 Å². The molecule has 192 valence electrons. The molecular formula is C30H32N2O5. The van der Waals surface area contributed by atoms with E-state index in [1.165, 1.54) is 12.2 Å². The molecule has 7 heteroatoms. The summed E-state index contributed by atoms with van der Waals surface area (Å²) >= 11 is 0. The van der Waals surface area contributed by atoms with Gasteiger partial charge in [0, 0.05) is 13.2 Å². The number of carbonyl (C=O) groups excluding carboxylic acids is 2. The van der Waals surface area contributed by atoms with Gasteiger partial charge in [-0.3, -0.25) is 0 Å². The molecule has 7 nitrogen and oxygen atoms in total. The SMILES string of the molecule is CCOC(=O)/C(C#N)=C/c1ccc(CCCOCCCc2ccc(/C=C(\C#N)C(=O)OCC)cc2)cc1. The van der Waals surface area contributed by atoms with Crippen LogP contribution in [0.3, 0.4) is 0 Å². The highest BCUT2D eigenvalue weighted by Gasteiger charge is 2.10. The van der Waals surface area contributed by atoms with Gasteiger partial charge in [0.05, 0.1) is 13.2 Å². The fourth-order valence-electron chi connectivity index (χ4n) is 3.44. The molecule has 0 fully saturated rings. The second-order valence-corrected chi connectivity index (χ2v) is 8.08. The van der Waals surface area contributed by atoms with Crippen molar-refractivity contribution in [2.75, 3.05) is 26.4 Å². The minimum Gasteiger partial charge on any atom is -0.462 e. The molecule has 0 saturated heterocycles. The normalized spacial score (nSPS) is 11.4. The Morgan fingerprint density at radius 2 is 1.08 bits per heavy atom. The lowest BCUT2D eigenvalue weighted by atomic mass is 10.1. The van der Waals surface area contributed by atoms with E-state index in [9.17, 15) is 9.59 Å². The molecule has 2 aromatic rings. The van der Waals surface area contributed by atoms with Crippen LogP contribution in [0.1, 0.15) is 48.9 Å². The van der Waals surface area contributed by atoms with Crippen LogP contribution in [-0.2, 0) is 36.6 Å². The van der Waals surface area contributed by atoms with Gasteiger partial charge in [-0.2, -0.15) is 10.5 Å². The molecule has 0 aliphatic heterocycles. The van der Waals surface area contributed by atoms with E-state index in [1.807, 2.05) is 60.7 Å². The first-order chi connectivity index (χ1) is 18.0. The smallest absolute Gasteiger partial charge is 0.348 e. The Morgan fingerprint density at radius 3 is 1.41 bits per heavy atom. The van der Waals surface area contributed by atoms with Crippen molar-refractivity contribution in [1.82, 2.24) is 0 Å². The van der Waals surface area contributed by atoms with E-state index >= 15 is 0 Å². The quantitative estimate of drug-likeness (QED) is 0.152. The minimum atomic E-state index is -0.611. The minimum absolute atomic E-state index is 0.0158. The number of aryl methyl sites for hydroxylation is 2. The van der Waals surface area contributed by atoms with Gasteiger partial charge in [0.25, 0.3) is 0 Å². The predicted molar refractivity (Wildman–Crippen MR) is 141 cm³/mol. The molecule has 0 saturated carbocycles.